The molecule has 2 aromatic heterocycles. The summed E-state index contributed by atoms with van der Waals surface area (Å²) in [4.78, 5) is 38.5. The van der Waals surface area contributed by atoms with Gasteiger partial charge in [-0.2, -0.15) is 5.10 Å². The smallest absolute Gasteiger partial charge is 0.261 e. The van der Waals surface area contributed by atoms with Gasteiger partial charge in [0.15, 0.2) is 11.6 Å². The highest BCUT2D eigenvalue weighted by Crippen LogP contribution is 2.23. The molecule has 0 fully saturated rings. The van der Waals surface area contributed by atoms with Crippen LogP contribution in [-0.4, -0.2) is 49.1 Å². The molecule has 3 amide bonds. The van der Waals surface area contributed by atoms with Gasteiger partial charge in [0.05, 0.1) is 16.8 Å². The van der Waals surface area contributed by atoms with E-state index in [1.807, 2.05) is 45.0 Å². The van der Waals surface area contributed by atoms with Gasteiger partial charge in [-0.25, -0.2) is 4.68 Å². The van der Waals surface area contributed by atoms with Crippen LogP contribution < -0.4 is 10.6 Å². The molecular weight excluding hydrogens is 482 g/mol. The number of aryl methyl sites for hydroxylation is 1. The van der Waals surface area contributed by atoms with Gasteiger partial charge in [0.1, 0.15) is 0 Å². The van der Waals surface area contributed by atoms with Crippen molar-refractivity contribution in [1.82, 2.24) is 24.9 Å². The molecule has 2 N–H and O–H groups in total. The molecule has 5 rings (SSSR count). The lowest BCUT2D eigenvalue weighted by atomic mass is 10.1. The summed E-state index contributed by atoms with van der Waals surface area (Å²) < 4.78 is 1.78. The van der Waals surface area contributed by atoms with Crippen LogP contribution in [0.4, 0.5) is 17.2 Å². The largest absolute Gasteiger partial charge is 0.339 e. The van der Waals surface area contributed by atoms with Gasteiger partial charge in [0, 0.05) is 30.0 Å². The molecule has 192 valence electrons. The Morgan fingerprint density at radius 2 is 1.50 bits per heavy atom. The minimum absolute atomic E-state index is 0.185. The number of imide groups is 1. The maximum Gasteiger partial charge on any atom is 0.261 e. The van der Waals surface area contributed by atoms with Crippen molar-refractivity contribution >= 4 is 34.9 Å². The van der Waals surface area contributed by atoms with E-state index in [1.54, 1.807) is 41.1 Å². The lowest BCUT2D eigenvalue weighted by Crippen LogP contribution is -2.31. The van der Waals surface area contributed by atoms with Gasteiger partial charge in [-0.3, -0.25) is 19.3 Å². The molecule has 0 unspecified atom stereocenters. The van der Waals surface area contributed by atoms with E-state index < -0.39 is 0 Å². The van der Waals surface area contributed by atoms with Crippen molar-refractivity contribution in [1.29, 1.82) is 0 Å². The summed E-state index contributed by atoms with van der Waals surface area (Å²) in [6.45, 7) is 6.19. The Morgan fingerprint density at radius 1 is 0.842 bits per heavy atom. The first-order valence-electron chi connectivity index (χ1n) is 12.3. The number of fused-ring (bicyclic) bond motifs is 1. The molecule has 10 nitrogen and oxygen atoms in total. The molecule has 3 heterocycles. The zero-order valence-electron chi connectivity index (χ0n) is 21.4. The van der Waals surface area contributed by atoms with Gasteiger partial charge in [-0.05, 0) is 81.3 Å². The van der Waals surface area contributed by atoms with Crippen molar-refractivity contribution in [2.24, 2.45) is 0 Å². The van der Waals surface area contributed by atoms with E-state index in [0.717, 1.165) is 22.6 Å². The number of hydrogen-bond acceptors (Lipinski definition) is 7. The Hall–Kier alpha value is -4.86. The third-order valence-electron chi connectivity index (χ3n) is 6.63. The average Bonchev–Trinajstić information content (AvgIpc) is 3.32. The van der Waals surface area contributed by atoms with Crippen LogP contribution in [0.15, 0.2) is 60.7 Å². The van der Waals surface area contributed by atoms with Crippen molar-refractivity contribution < 1.29 is 14.4 Å². The molecule has 4 aromatic rings. The number of amides is 3. The number of aromatic nitrogens is 4. The summed E-state index contributed by atoms with van der Waals surface area (Å²) in [5.74, 6) is 0.413. The van der Waals surface area contributed by atoms with E-state index in [-0.39, 0.29) is 30.7 Å². The molecule has 0 radical (unpaired) electrons. The first-order chi connectivity index (χ1) is 18.3. The number of nitrogens with zero attached hydrogens (tertiary/aromatic N) is 5. The molecule has 38 heavy (non-hydrogen) atoms. The van der Waals surface area contributed by atoms with Crippen LogP contribution in [-0.2, 0) is 4.79 Å². The Morgan fingerprint density at radius 3 is 2.08 bits per heavy atom. The van der Waals surface area contributed by atoms with E-state index in [4.69, 9.17) is 0 Å². The molecular formula is C28H27N7O3. The Labute approximate surface area is 219 Å². The fourth-order valence-electron chi connectivity index (χ4n) is 4.30. The van der Waals surface area contributed by atoms with E-state index in [2.05, 4.69) is 25.9 Å². The van der Waals surface area contributed by atoms with E-state index >= 15 is 0 Å². The van der Waals surface area contributed by atoms with Crippen LogP contribution in [0, 0.1) is 20.8 Å². The maximum absolute atomic E-state index is 12.4. The molecule has 0 saturated carbocycles. The first kappa shape index (κ1) is 24.8. The molecule has 0 atom stereocenters. The number of anilines is 3. The second-order valence-corrected chi connectivity index (χ2v) is 9.15. The highest BCUT2D eigenvalue weighted by atomic mass is 16.2. The molecule has 0 spiro atoms. The van der Waals surface area contributed by atoms with Gasteiger partial charge in [0.25, 0.3) is 11.8 Å². The molecule has 0 aliphatic carbocycles. The summed E-state index contributed by atoms with van der Waals surface area (Å²) in [5, 5.41) is 19.1. The van der Waals surface area contributed by atoms with Gasteiger partial charge in [-0.1, -0.05) is 12.1 Å². The highest BCUT2D eigenvalue weighted by molar-refractivity contribution is 6.21. The number of rotatable bonds is 8. The van der Waals surface area contributed by atoms with Crippen LogP contribution in [0.1, 0.15) is 50.5 Å². The van der Waals surface area contributed by atoms with Crippen LogP contribution in [0.2, 0.25) is 0 Å². The van der Waals surface area contributed by atoms with Gasteiger partial charge in [0.2, 0.25) is 5.91 Å². The Balaban J connectivity index is 1.11. The lowest BCUT2D eigenvalue weighted by Gasteiger charge is -2.13. The third-order valence-corrected chi connectivity index (χ3v) is 6.63. The van der Waals surface area contributed by atoms with Gasteiger partial charge >= 0.3 is 0 Å². The van der Waals surface area contributed by atoms with Crippen LogP contribution in [0.25, 0.3) is 5.82 Å². The van der Waals surface area contributed by atoms with Gasteiger partial charge < -0.3 is 10.6 Å². The topological polar surface area (TPSA) is 122 Å². The summed E-state index contributed by atoms with van der Waals surface area (Å²) in [6.07, 6.45) is 0.562. The number of carbonyl (C=O) groups excluding carboxylic acids is 3. The van der Waals surface area contributed by atoms with Crippen molar-refractivity contribution in [3.8, 4) is 5.82 Å². The molecule has 0 bridgehead atoms. The van der Waals surface area contributed by atoms with Crippen LogP contribution >= 0.6 is 0 Å². The molecule has 1 aliphatic heterocycles. The van der Waals surface area contributed by atoms with E-state index in [9.17, 15) is 14.4 Å². The lowest BCUT2D eigenvalue weighted by molar-refractivity contribution is -0.116. The number of carbonyl (C=O) groups is 3. The Kier molecular flexibility index (Phi) is 6.69. The second kappa shape index (κ2) is 10.3. The molecule has 1 aliphatic rings. The van der Waals surface area contributed by atoms with Crippen LogP contribution in [0.5, 0.6) is 0 Å². The molecule has 0 saturated heterocycles. The quantitative estimate of drug-likeness (QED) is 0.339. The standard InChI is InChI=1S/C28H27N7O3/c1-17-18(2)33-35(19(17)3)25-15-14-24(31-32-25)29-20-10-12-21(13-11-20)30-26(36)9-6-16-34-27(37)22-7-4-5-8-23(22)28(34)38/h4-5,7-8,10-15H,6,9,16H2,1-3H3,(H,29,31)(H,30,36). The minimum Gasteiger partial charge on any atom is -0.339 e. The predicted molar refractivity (Wildman–Crippen MR) is 143 cm³/mol. The zero-order valence-corrected chi connectivity index (χ0v) is 21.4. The first-order valence-corrected chi connectivity index (χ1v) is 12.3. The van der Waals surface area contributed by atoms with Crippen molar-refractivity contribution in [3.05, 3.63) is 88.7 Å². The van der Waals surface area contributed by atoms with Crippen molar-refractivity contribution in [3.63, 3.8) is 0 Å². The molecule has 10 heteroatoms. The fraction of sp³-hybridized carbons (Fsp3) is 0.214. The summed E-state index contributed by atoms with van der Waals surface area (Å²) in [5.41, 5.74) is 5.37. The predicted octanol–water partition coefficient (Wildman–Crippen LogP) is 4.35. The number of benzene rings is 2. The number of nitrogens with one attached hydrogen (secondary N) is 2. The SMILES string of the molecule is Cc1nn(-c2ccc(Nc3ccc(NC(=O)CCCN4C(=O)c5ccccc5C4=O)cc3)nn2)c(C)c1C. The van der Waals surface area contributed by atoms with Gasteiger partial charge in [-0.15, -0.1) is 10.2 Å². The molecule has 2 aromatic carbocycles. The monoisotopic (exact) mass is 509 g/mol. The summed E-state index contributed by atoms with van der Waals surface area (Å²) in [7, 11) is 0. The van der Waals surface area contributed by atoms with Crippen molar-refractivity contribution in [2.45, 2.75) is 33.6 Å². The minimum atomic E-state index is -0.310. The maximum atomic E-state index is 12.4. The van der Waals surface area contributed by atoms with Crippen LogP contribution in [0.3, 0.4) is 0 Å². The van der Waals surface area contributed by atoms with Crippen molar-refractivity contribution in [2.75, 3.05) is 17.2 Å². The third kappa shape index (κ3) is 4.88. The fourth-order valence-corrected chi connectivity index (χ4v) is 4.30. The summed E-state index contributed by atoms with van der Waals surface area (Å²) >= 11 is 0. The zero-order chi connectivity index (χ0) is 26.8. The number of hydrogen-bond donors (Lipinski definition) is 2. The highest BCUT2D eigenvalue weighted by Gasteiger charge is 2.34. The second-order valence-electron chi connectivity index (χ2n) is 9.15. The summed E-state index contributed by atoms with van der Waals surface area (Å²) in [6, 6.07) is 17.7. The normalized spacial score (nSPS) is 12.6. The van der Waals surface area contributed by atoms with E-state index in [0.29, 0.717) is 34.9 Å². The Bertz CT molecular complexity index is 1490. The average molecular weight is 510 g/mol. The van der Waals surface area contributed by atoms with E-state index in [1.165, 1.54) is 4.90 Å².